The normalized spacial score (nSPS) is 12.7. The van der Waals surface area contributed by atoms with Crippen LogP contribution in [0, 0.1) is 5.82 Å². The third kappa shape index (κ3) is 2.85. The molecule has 0 aliphatic rings. The van der Waals surface area contributed by atoms with Crippen molar-refractivity contribution in [2.24, 2.45) is 0 Å². The average molecular weight is 335 g/mol. The van der Waals surface area contributed by atoms with Crippen LogP contribution >= 0.6 is 15.9 Å². The number of hydrogen-bond acceptors (Lipinski definition) is 1. The minimum atomic E-state index is -5.10. The summed E-state index contributed by atoms with van der Waals surface area (Å²) >= 11 is 2.54. The maximum absolute atomic E-state index is 13.5. The maximum Gasteiger partial charge on any atom is 0.417 e. The summed E-state index contributed by atoms with van der Waals surface area (Å²) in [4.78, 5) is 11.2. The van der Waals surface area contributed by atoms with Crippen molar-refractivity contribution in [1.29, 1.82) is 0 Å². The van der Waals surface area contributed by atoms with Crippen LogP contribution in [0.25, 0.3) is 0 Å². The highest BCUT2D eigenvalue weighted by Gasteiger charge is 2.43. The van der Waals surface area contributed by atoms with Gasteiger partial charge in [0.1, 0.15) is 5.82 Å². The van der Waals surface area contributed by atoms with E-state index < -0.39 is 39.3 Å². The number of alkyl halides is 5. The number of rotatable bonds is 2. The highest BCUT2D eigenvalue weighted by molar-refractivity contribution is 9.10. The molecule has 0 saturated carbocycles. The summed E-state index contributed by atoms with van der Waals surface area (Å²) in [5.41, 5.74) is -3.39. The molecule has 0 aliphatic heterocycles. The average Bonchev–Trinajstić information content (AvgIpc) is 2.17. The Kier molecular flexibility index (Phi) is 3.81. The highest BCUT2D eigenvalue weighted by atomic mass is 79.9. The molecular weight excluding hydrogens is 330 g/mol. The fourth-order valence-electron chi connectivity index (χ4n) is 1.23. The molecule has 0 unspecified atom stereocenters. The van der Waals surface area contributed by atoms with Gasteiger partial charge in [0.2, 0.25) is 5.78 Å². The van der Waals surface area contributed by atoms with Crippen molar-refractivity contribution in [2.45, 2.75) is 19.0 Å². The Hall–Kier alpha value is -1.05. The maximum atomic E-state index is 13.5. The lowest BCUT2D eigenvalue weighted by atomic mass is 9.99. The second kappa shape index (κ2) is 4.56. The minimum absolute atomic E-state index is 0.107. The molecule has 0 radical (unpaired) electrons. The zero-order valence-corrected chi connectivity index (χ0v) is 10.3. The molecule has 18 heavy (non-hydrogen) atoms. The summed E-state index contributed by atoms with van der Waals surface area (Å²) in [5.74, 6) is -7.97. The molecule has 0 atom stereocenters. The van der Waals surface area contributed by atoms with E-state index in [0.717, 1.165) is 0 Å². The summed E-state index contributed by atoms with van der Waals surface area (Å²) in [6.45, 7) is 0.107. The number of carbonyl (C=O) groups is 1. The molecular formula is C10H5BrF6O. The Morgan fingerprint density at radius 2 is 1.67 bits per heavy atom. The van der Waals surface area contributed by atoms with E-state index in [-0.39, 0.29) is 6.92 Å². The van der Waals surface area contributed by atoms with Gasteiger partial charge >= 0.3 is 12.1 Å². The topological polar surface area (TPSA) is 17.1 Å². The van der Waals surface area contributed by atoms with Gasteiger partial charge in [-0.25, -0.2) is 4.39 Å². The minimum Gasteiger partial charge on any atom is -0.287 e. The lowest BCUT2D eigenvalue weighted by Crippen LogP contribution is -2.28. The zero-order valence-electron chi connectivity index (χ0n) is 8.71. The van der Waals surface area contributed by atoms with Crippen LogP contribution in [0.3, 0.4) is 0 Å². The van der Waals surface area contributed by atoms with E-state index in [9.17, 15) is 31.1 Å². The molecule has 100 valence electrons. The van der Waals surface area contributed by atoms with E-state index in [0.29, 0.717) is 12.1 Å². The zero-order chi connectivity index (χ0) is 14.3. The SMILES string of the molecule is CC(F)(F)C(=O)c1c(C(F)(F)F)ccc(Br)c1F. The van der Waals surface area contributed by atoms with Crippen LogP contribution < -0.4 is 0 Å². The van der Waals surface area contributed by atoms with Gasteiger partial charge in [0.05, 0.1) is 15.6 Å². The van der Waals surface area contributed by atoms with Crippen molar-refractivity contribution in [3.8, 4) is 0 Å². The lowest BCUT2D eigenvalue weighted by Gasteiger charge is -2.16. The van der Waals surface area contributed by atoms with Gasteiger partial charge < -0.3 is 0 Å². The fourth-order valence-corrected chi connectivity index (χ4v) is 1.56. The van der Waals surface area contributed by atoms with E-state index >= 15 is 0 Å². The number of benzene rings is 1. The highest BCUT2D eigenvalue weighted by Crippen LogP contribution is 2.37. The van der Waals surface area contributed by atoms with Crippen LogP contribution in [-0.2, 0) is 6.18 Å². The molecule has 0 N–H and O–H groups in total. The first kappa shape index (κ1) is 15.0. The molecule has 0 heterocycles. The summed E-state index contributed by atoms with van der Waals surface area (Å²) in [6, 6.07) is 1.06. The van der Waals surface area contributed by atoms with Crippen LogP contribution in [0.1, 0.15) is 22.8 Å². The van der Waals surface area contributed by atoms with Crippen LogP contribution in [0.2, 0.25) is 0 Å². The largest absolute Gasteiger partial charge is 0.417 e. The van der Waals surface area contributed by atoms with E-state index in [2.05, 4.69) is 15.9 Å². The predicted molar refractivity (Wildman–Crippen MR) is 54.1 cm³/mol. The molecule has 1 aromatic rings. The number of ketones is 1. The molecule has 0 amide bonds. The lowest BCUT2D eigenvalue weighted by molar-refractivity contribution is -0.138. The van der Waals surface area contributed by atoms with E-state index in [1.807, 2.05) is 0 Å². The molecule has 0 aliphatic carbocycles. The standard InChI is InChI=1S/C10H5BrF6O/c1-9(13,14)8(18)6-4(10(15,16)17)2-3-5(11)7(6)12/h2-3H,1H3. The molecule has 1 rings (SSSR count). The van der Waals surface area contributed by atoms with E-state index in [4.69, 9.17) is 0 Å². The summed E-state index contributed by atoms with van der Waals surface area (Å²) < 4.78 is 76.1. The van der Waals surface area contributed by atoms with Crippen molar-refractivity contribution in [1.82, 2.24) is 0 Å². The summed E-state index contributed by atoms with van der Waals surface area (Å²) in [5, 5.41) is 0. The van der Waals surface area contributed by atoms with Crippen LogP contribution in [-0.4, -0.2) is 11.7 Å². The van der Waals surface area contributed by atoms with Gasteiger partial charge in [-0.3, -0.25) is 4.79 Å². The molecule has 0 saturated heterocycles. The van der Waals surface area contributed by atoms with Gasteiger partial charge in [-0.05, 0) is 28.1 Å². The van der Waals surface area contributed by atoms with Gasteiger partial charge in [-0.1, -0.05) is 0 Å². The first-order valence-electron chi connectivity index (χ1n) is 4.44. The molecule has 1 nitrogen and oxygen atoms in total. The Bertz CT molecular complexity index is 488. The third-order valence-electron chi connectivity index (χ3n) is 2.03. The van der Waals surface area contributed by atoms with E-state index in [1.165, 1.54) is 0 Å². The van der Waals surface area contributed by atoms with Gasteiger partial charge in [0.25, 0.3) is 0 Å². The number of carbonyl (C=O) groups excluding carboxylic acids is 1. The van der Waals surface area contributed by atoms with Crippen molar-refractivity contribution in [3.63, 3.8) is 0 Å². The van der Waals surface area contributed by atoms with Crippen molar-refractivity contribution < 1.29 is 31.1 Å². The quantitative estimate of drug-likeness (QED) is 0.577. The Balaban J connectivity index is 3.59. The van der Waals surface area contributed by atoms with Gasteiger partial charge in [0, 0.05) is 6.92 Å². The number of hydrogen-bond donors (Lipinski definition) is 0. The summed E-state index contributed by atoms with van der Waals surface area (Å²) in [6.07, 6.45) is -5.10. The first-order chi connectivity index (χ1) is 7.96. The fraction of sp³-hybridized carbons (Fsp3) is 0.300. The molecule has 8 heteroatoms. The first-order valence-corrected chi connectivity index (χ1v) is 5.23. The smallest absolute Gasteiger partial charge is 0.287 e. The molecule has 0 fully saturated rings. The van der Waals surface area contributed by atoms with Crippen molar-refractivity contribution >= 4 is 21.7 Å². The van der Waals surface area contributed by atoms with Crippen molar-refractivity contribution in [3.05, 3.63) is 33.5 Å². The van der Waals surface area contributed by atoms with Crippen LogP contribution in [0.4, 0.5) is 26.3 Å². The van der Waals surface area contributed by atoms with E-state index in [1.54, 1.807) is 0 Å². The second-order valence-electron chi connectivity index (χ2n) is 3.50. The molecule has 0 aromatic heterocycles. The Morgan fingerprint density at radius 3 is 2.06 bits per heavy atom. The van der Waals surface area contributed by atoms with Crippen LogP contribution in [0.5, 0.6) is 0 Å². The molecule has 1 aromatic carbocycles. The van der Waals surface area contributed by atoms with Gasteiger partial charge in [0.15, 0.2) is 0 Å². The van der Waals surface area contributed by atoms with Crippen molar-refractivity contribution in [2.75, 3.05) is 0 Å². The molecule has 0 bridgehead atoms. The summed E-state index contributed by atoms with van der Waals surface area (Å²) in [7, 11) is 0. The predicted octanol–water partition coefficient (Wildman–Crippen LogP) is 4.44. The Morgan fingerprint density at radius 1 is 1.17 bits per heavy atom. The van der Waals surface area contributed by atoms with Gasteiger partial charge in [-0.15, -0.1) is 0 Å². The number of halogens is 7. The molecule has 0 spiro atoms. The third-order valence-corrected chi connectivity index (χ3v) is 2.64. The second-order valence-corrected chi connectivity index (χ2v) is 4.35. The number of Topliss-reactive ketones (excluding diaryl/α,β-unsaturated/α-hetero) is 1. The van der Waals surface area contributed by atoms with Gasteiger partial charge in [-0.2, -0.15) is 22.0 Å². The monoisotopic (exact) mass is 334 g/mol. The van der Waals surface area contributed by atoms with Crippen LogP contribution in [0.15, 0.2) is 16.6 Å². The Labute approximate surface area is 106 Å².